The lowest BCUT2D eigenvalue weighted by Gasteiger charge is -2.24. The van der Waals surface area contributed by atoms with Crippen molar-refractivity contribution in [3.05, 3.63) is 54.1 Å². The van der Waals surface area contributed by atoms with Gasteiger partial charge in [0.2, 0.25) is 0 Å². The average molecular weight is 395 g/mol. The second kappa shape index (κ2) is 9.42. The Morgan fingerprint density at radius 1 is 1.00 bits per heavy atom. The topological polar surface area (TPSA) is 42.0 Å². The molecule has 2 aliphatic rings. The number of carbonyl (C=O) groups excluding carboxylic acids is 1. The summed E-state index contributed by atoms with van der Waals surface area (Å²) in [6.07, 6.45) is 3.69. The fourth-order valence-electron chi connectivity index (χ4n) is 4.37. The summed E-state index contributed by atoms with van der Waals surface area (Å²) < 4.78 is 11.3. The smallest absolute Gasteiger partial charge is 0.254 e. The molecule has 2 aliphatic heterocycles. The van der Waals surface area contributed by atoms with Crippen LogP contribution in [0.15, 0.2) is 48.5 Å². The molecule has 0 saturated carbocycles. The number of para-hydroxylation sites is 1. The maximum absolute atomic E-state index is 13.4. The van der Waals surface area contributed by atoms with E-state index in [9.17, 15) is 4.79 Å². The van der Waals surface area contributed by atoms with Crippen LogP contribution in [0.5, 0.6) is 5.75 Å². The first kappa shape index (κ1) is 19.9. The lowest BCUT2D eigenvalue weighted by molar-refractivity contribution is 0.0704. The summed E-state index contributed by atoms with van der Waals surface area (Å²) in [6, 6.07) is 15.7. The van der Waals surface area contributed by atoms with Gasteiger partial charge in [0.15, 0.2) is 0 Å². The quantitative estimate of drug-likeness (QED) is 0.776. The molecule has 0 aromatic heterocycles. The van der Waals surface area contributed by atoms with E-state index >= 15 is 0 Å². The number of rotatable bonds is 5. The molecular formula is C24H30N2O3. The molecule has 4 rings (SSSR count). The molecule has 0 N–H and O–H groups in total. The molecule has 5 heteroatoms. The van der Waals surface area contributed by atoms with Gasteiger partial charge in [-0.05, 0) is 43.5 Å². The summed E-state index contributed by atoms with van der Waals surface area (Å²) in [7, 11) is 1.67. The van der Waals surface area contributed by atoms with Crippen molar-refractivity contribution in [3.8, 4) is 16.9 Å². The van der Waals surface area contributed by atoms with Crippen molar-refractivity contribution in [2.75, 3.05) is 46.4 Å². The third-order valence-corrected chi connectivity index (χ3v) is 5.92. The minimum atomic E-state index is 0.102. The Morgan fingerprint density at radius 3 is 2.59 bits per heavy atom. The van der Waals surface area contributed by atoms with E-state index in [2.05, 4.69) is 4.90 Å². The minimum absolute atomic E-state index is 0.102. The first-order valence-electron chi connectivity index (χ1n) is 10.6. The maximum Gasteiger partial charge on any atom is 0.254 e. The summed E-state index contributed by atoms with van der Waals surface area (Å²) in [6.45, 7) is 5.36. The number of nitrogens with zero attached hydrogens (tertiary/aromatic N) is 2. The first-order chi connectivity index (χ1) is 14.3. The zero-order chi connectivity index (χ0) is 20.1. The third kappa shape index (κ3) is 4.62. The summed E-state index contributed by atoms with van der Waals surface area (Å²) >= 11 is 0. The molecule has 2 aromatic rings. The zero-order valence-corrected chi connectivity index (χ0v) is 17.2. The molecule has 5 nitrogen and oxygen atoms in total. The van der Waals surface area contributed by atoms with Crippen molar-refractivity contribution in [1.82, 2.24) is 9.80 Å². The van der Waals surface area contributed by atoms with Crippen LogP contribution in [-0.4, -0.2) is 68.3 Å². The molecule has 0 spiro atoms. The van der Waals surface area contributed by atoms with E-state index in [-0.39, 0.29) is 5.91 Å². The highest BCUT2D eigenvalue weighted by Crippen LogP contribution is 2.32. The summed E-state index contributed by atoms with van der Waals surface area (Å²) in [4.78, 5) is 17.9. The Kier molecular flexibility index (Phi) is 6.47. The van der Waals surface area contributed by atoms with E-state index in [1.54, 1.807) is 7.11 Å². The normalized spacial score (nSPS) is 20.4. The highest BCUT2D eigenvalue weighted by molar-refractivity contribution is 6.01. The van der Waals surface area contributed by atoms with Gasteiger partial charge in [-0.25, -0.2) is 0 Å². The summed E-state index contributed by atoms with van der Waals surface area (Å²) in [5.74, 6) is 0.886. The van der Waals surface area contributed by atoms with Gasteiger partial charge in [-0.3, -0.25) is 9.69 Å². The third-order valence-electron chi connectivity index (χ3n) is 5.92. The average Bonchev–Trinajstić information content (AvgIpc) is 3.17. The van der Waals surface area contributed by atoms with Gasteiger partial charge in [-0.2, -0.15) is 0 Å². The lowest BCUT2D eigenvalue weighted by Crippen LogP contribution is -2.37. The SMILES string of the molecule is COc1ccccc1-c1ccccc1C(=O)N1CCCN(C[C@H]2CCCO2)CC1. The minimum Gasteiger partial charge on any atom is -0.496 e. The van der Waals surface area contributed by atoms with E-state index in [4.69, 9.17) is 9.47 Å². The van der Waals surface area contributed by atoms with Crippen molar-refractivity contribution in [2.45, 2.75) is 25.4 Å². The van der Waals surface area contributed by atoms with Crippen LogP contribution in [0.4, 0.5) is 0 Å². The Labute approximate surface area is 173 Å². The van der Waals surface area contributed by atoms with Gasteiger partial charge in [0.05, 0.1) is 13.2 Å². The second-order valence-corrected chi connectivity index (χ2v) is 7.83. The Bertz CT molecular complexity index is 832. The van der Waals surface area contributed by atoms with E-state index < -0.39 is 0 Å². The van der Waals surface area contributed by atoms with Gasteiger partial charge < -0.3 is 14.4 Å². The van der Waals surface area contributed by atoms with Crippen molar-refractivity contribution < 1.29 is 14.3 Å². The van der Waals surface area contributed by atoms with Crippen LogP contribution >= 0.6 is 0 Å². The lowest BCUT2D eigenvalue weighted by atomic mass is 9.98. The van der Waals surface area contributed by atoms with Gasteiger partial charge in [0, 0.05) is 43.9 Å². The largest absolute Gasteiger partial charge is 0.496 e. The number of carbonyl (C=O) groups is 1. The second-order valence-electron chi connectivity index (χ2n) is 7.83. The number of hydrogen-bond acceptors (Lipinski definition) is 4. The number of benzene rings is 2. The standard InChI is InChI=1S/C24H30N2O3/c1-28-23-12-5-4-10-21(23)20-9-2-3-11-22(20)24(27)26-14-7-13-25(15-16-26)18-19-8-6-17-29-19/h2-5,9-12,19H,6-8,13-18H2,1H3/t19-/m1/s1. The molecule has 29 heavy (non-hydrogen) atoms. The highest BCUT2D eigenvalue weighted by Gasteiger charge is 2.25. The van der Waals surface area contributed by atoms with Crippen LogP contribution in [-0.2, 0) is 4.74 Å². The number of methoxy groups -OCH3 is 1. The molecule has 2 saturated heterocycles. The molecule has 0 aliphatic carbocycles. The number of amides is 1. The molecular weight excluding hydrogens is 364 g/mol. The van der Waals surface area contributed by atoms with Gasteiger partial charge in [-0.15, -0.1) is 0 Å². The monoisotopic (exact) mass is 394 g/mol. The van der Waals surface area contributed by atoms with E-state index in [1.165, 1.54) is 6.42 Å². The molecule has 0 bridgehead atoms. The van der Waals surface area contributed by atoms with Crippen molar-refractivity contribution >= 4 is 5.91 Å². The predicted octanol–water partition coefficient (Wildman–Crippen LogP) is 3.69. The maximum atomic E-state index is 13.4. The fourth-order valence-corrected chi connectivity index (χ4v) is 4.37. The highest BCUT2D eigenvalue weighted by atomic mass is 16.5. The number of hydrogen-bond donors (Lipinski definition) is 0. The zero-order valence-electron chi connectivity index (χ0n) is 17.2. The van der Waals surface area contributed by atoms with Crippen LogP contribution in [0, 0.1) is 0 Å². The van der Waals surface area contributed by atoms with Crippen LogP contribution < -0.4 is 4.74 Å². The Balaban J connectivity index is 1.50. The van der Waals surface area contributed by atoms with Crippen molar-refractivity contribution in [3.63, 3.8) is 0 Å². The summed E-state index contributed by atoms with van der Waals surface area (Å²) in [5.41, 5.74) is 2.62. The van der Waals surface area contributed by atoms with Crippen molar-refractivity contribution in [1.29, 1.82) is 0 Å². The van der Waals surface area contributed by atoms with Gasteiger partial charge in [0.25, 0.3) is 5.91 Å². The molecule has 2 heterocycles. The van der Waals surface area contributed by atoms with Crippen LogP contribution in [0.25, 0.3) is 11.1 Å². The van der Waals surface area contributed by atoms with Crippen LogP contribution in [0.3, 0.4) is 0 Å². The van der Waals surface area contributed by atoms with E-state index in [0.29, 0.717) is 6.10 Å². The predicted molar refractivity (Wildman–Crippen MR) is 114 cm³/mol. The van der Waals surface area contributed by atoms with Gasteiger partial charge in [-0.1, -0.05) is 36.4 Å². The first-order valence-corrected chi connectivity index (χ1v) is 10.6. The molecule has 2 fully saturated rings. The molecule has 154 valence electrons. The van der Waals surface area contributed by atoms with Crippen LogP contribution in [0.1, 0.15) is 29.6 Å². The van der Waals surface area contributed by atoms with E-state index in [0.717, 1.165) is 74.6 Å². The van der Waals surface area contributed by atoms with Crippen LogP contribution in [0.2, 0.25) is 0 Å². The van der Waals surface area contributed by atoms with Gasteiger partial charge in [0.1, 0.15) is 5.75 Å². The Morgan fingerprint density at radius 2 is 1.79 bits per heavy atom. The Hall–Kier alpha value is -2.37. The van der Waals surface area contributed by atoms with Gasteiger partial charge >= 0.3 is 0 Å². The molecule has 0 unspecified atom stereocenters. The number of ether oxygens (including phenoxy) is 2. The van der Waals surface area contributed by atoms with Crippen molar-refractivity contribution in [2.24, 2.45) is 0 Å². The van der Waals surface area contributed by atoms with E-state index in [1.807, 2.05) is 53.4 Å². The molecule has 2 aromatic carbocycles. The summed E-state index contributed by atoms with van der Waals surface area (Å²) in [5, 5.41) is 0. The molecule has 1 amide bonds. The molecule has 1 atom stereocenters. The fraction of sp³-hybridized carbons (Fsp3) is 0.458. The molecule has 0 radical (unpaired) electrons.